The molecule has 0 bridgehead atoms. The third kappa shape index (κ3) is 4.52. The number of carbonyl (C=O) groups excluding carboxylic acids is 1. The van der Waals surface area contributed by atoms with Gasteiger partial charge in [-0.3, -0.25) is 9.36 Å². The van der Waals surface area contributed by atoms with Crippen molar-refractivity contribution in [2.75, 3.05) is 6.61 Å². The Hall–Kier alpha value is -4.50. The summed E-state index contributed by atoms with van der Waals surface area (Å²) in [6.45, 7) is 5.51. The van der Waals surface area contributed by atoms with Gasteiger partial charge in [-0.25, -0.2) is 14.6 Å². The third-order valence-electron chi connectivity index (χ3n) is 6.27. The Morgan fingerprint density at radius 3 is 2.58 bits per heavy atom. The Morgan fingerprint density at radius 1 is 1.13 bits per heavy atom. The molecule has 2 aromatic heterocycles. The molecule has 0 saturated heterocycles. The highest BCUT2D eigenvalue weighted by molar-refractivity contribution is 7.07. The zero-order chi connectivity index (χ0) is 27.0. The van der Waals surface area contributed by atoms with Gasteiger partial charge in [-0.1, -0.05) is 47.7 Å². The van der Waals surface area contributed by atoms with E-state index < -0.39 is 18.0 Å². The largest absolute Gasteiger partial charge is 0.478 e. The van der Waals surface area contributed by atoms with Crippen molar-refractivity contribution in [3.8, 4) is 11.3 Å². The second-order valence-electron chi connectivity index (χ2n) is 8.75. The molecule has 2 aromatic carbocycles. The minimum Gasteiger partial charge on any atom is -0.478 e. The van der Waals surface area contributed by atoms with Crippen molar-refractivity contribution in [1.29, 1.82) is 0 Å². The van der Waals surface area contributed by atoms with Crippen LogP contribution in [0.25, 0.3) is 17.4 Å². The average Bonchev–Trinajstić information content (AvgIpc) is 3.48. The predicted molar refractivity (Wildman–Crippen MR) is 143 cm³/mol. The molecule has 0 aliphatic carbocycles. The number of carbonyl (C=O) groups is 2. The monoisotopic (exact) mass is 528 g/mol. The smallest absolute Gasteiger partial charge is 0.338 e. The summed E-state index contributed by atoms with van der Waals surface area (Å²) in [4.78, 5) is 42.9. The fourth-order valence-corrected chi connectivity index (χ4v) is 5.55. The minimum atomic E-state index is -0.995. The number of aromatic nitrogens is 1. The SMILES string of the molecule is CCOC(=O)C1=C(C)N=c2s/c(=C\c3ccc(-c4ccc(C(=O)O)cc4C)o3)c(=O)n2[C@H]1c1ccccc1. The van der Waals surface area contributed by atoms with Crippen LogP contribution in [-0.2, 0) is 9.53 Å². The zero-order valence-corrected chi connectivity index (χ0v) is 21.7. The molecule has 9 heteroatoms. The van der Waals surface area contributed by atoms with Crippen LogP contribution in [0.3, 0.4) is 0 Å². The van der Waals surface area contributed by atoms with Crippen molar-refractivity contribution in [2.45, 2.75) is 26.8 Å². The number of aryl methyl sites for hydroxylation is 1. The summed E-state index contributed by atoms with van der Waals surface area (Å²) in [6, 6.07) is 17.0. The summed E-state index contributed by atoms with van der Waals surface area (Å²) in [5.41, 5.74) is 3.03. The molecular formula is C29H24N2O6S. The first-order valence-electron chi connectivity index (χ1n) is 12.0. The van der Waals surface area contributed by atoms with Crippen LogP contribution in [0.1, 0.15) is 47.1 Å². The van der Waals surface area contributed by atoms with E-state index in [9.17, 15) is 19.5 Å². The summed E-state index contributed by atoms with van der Waals surface area (Å²) >= 11 is 1.22. The Morgan fingerprint density at radius 2 is 1.89 bits per heavy atom. The maximum absolute atomic E-state index is 13.7. The number of nitrogens with zero attached hydrogens (tertiary/aromatic N) is 2. The van der Waals surface area contributed by atoms with Crippen molar-refractivity contribution < 1.29 is 23.8 Å². The van der Waals surface area contributed by atoms with E-state index in [1.165, 1.54) is 22.0 Å². The molecule has 0 amide bonds. The lowest BCUT2D eigenvalue weighted by atomic mass is 9.96. The molecule has 0 radical (unpaired) electrons. The standard InChI is InChI=1S/C29H24N2O6S/c1-4-36-28(35)24-17(3)30-29-31(25(24)18-8-6-5-7-9-18)26(32)23(38-29)15-20-11-13-22(37-20)21-12-10-19(27(33)34)14-16(21)2/h5-15,25H,4H2,1-3H3,(H,33,34)/b23-15-/t25-/m0/s1. The highest BCUT2D eigenvalue weighted by Crippen LogP contribution is 2.31. The summed E-state index contributed by atoms with van der Waals surface area (Å²) < 4.78 is 13.3. The molecule has 8 nitrogen and oxygen atoms in total. The predicted octanol–water partition coefficient (Wildman–Crippen LogP) is 4.06. The molecule has 5 rings (SSSR count). The first-order valence-corrected chi connectivity index (χ1v) is 12.8. The quantitative estimate of drug-likeness (QED) is 0.378. The third-order valence-corrected chi connectivity index (χ3v) is 7.25. The van der Waals surface area contributed by atoms with Crippen LogP contribution in [0.4, 0.5) is 0 Å². The summed E-state index contributed by atoms with van der Waals surface area (Å²) in [6.07, 6.45) is 1.65. The Balaban J connectivity index is 1.60. The van der Waals surface area contributed by atoms with Crippen LogP contribution >= 0.6 is 11.3 Å². The van der Waals surface area contributed by atoms with E-state index in [1.807, 2.05) is 37.3 Å². The number of aromatic carboxylic acids is 1. The van der Waals surface area contributed by atoms with E-state index in [0.717, 1.165) is 16.7 Å². The lowest BCUT2D eigenvalue weighted by molar-refractivity contribution is -0.139. The first-order chi connectivity index (χ1) is 18.3. The normalized spacial score (nSPS) is 15.2. The Bertz CT molecular complexity index is 1780. The van der Waals surface area contributed by atoms with E-state index in [1.54, 1.807) is 44.2 Å². The van der Waals surface area contributed by atoms with Gasteiger partial charge in [-0.15, -0.1) is 0 Å². The molecule has 192 valence electrons. The van der Waals surface area contributed by atoms with Crippen LogP contribution in [-0.4, -0.2) is 28.2 Å². The molecule has 0 unspecified atom stereocenters. The van der Waals surface area contributed by atoms with Crippen molar-refractivity contribution >= 4 is 29.4 Å². The zero-order valence-electron chi connectivity index (χ0n) is 20.9. The van der Waals surface area contributed by atoms with Gasteiger partial charge in [0.2, 0.25) is 0 Å². The second-order valence-corrected chi connectivity index (χ2v) is 9.76. The van der Waals surface area contributed by atoms with Crippen molar-refractivity contribution in [3.63, 3.8) is 0 Å². The van der Waals surface area contributed by atoms with E-state index in [0.29, 0.717) is 32.1 Å². The van der Waals surface area contributed by atoms with Gasteiger partial charge >= 0.3 is 11.9 Å². The van der Waals surface area contributed by atoms with Crippen molar-refractivity contribution in [2.24, 2.45) is 4.99 Å². The van der Waals surface area contributed by atoms with Gasteiger partial charge < -0.3 is 14.3 Å². The molecule has 1 aliphatic rings. The van der Waals surface area contributed by atoms with Gasteiger partial charge in [0.05, 0.1) is 34.0 Å². The van der Waals surface area contributed by atoms with Crippen LogP contribution in [0.5, 0.6) is 0 Å². The number of allylic oxidation sites excluding steroid dienone is 1. The van der Waals surface area contributed by atoms with Gasteiger partial charge in [0, 0.05) is 11.6 Å². The number of rotatable bonds is 6. The Kier molecular flexibility index (Phi) is 6.69. The second kappa shape index (κ2) is 10.1. The van der Waals surface area contributed by atoms with Crippen molar-refractivity contribution in [3.05, 3.63) is 114 Å². The Labute approximate surface area is 221 Å². The summed E-state index contributed by atoms with van der Waals surface area (Å²) in [5, 5.41) is 9.22. The van der Waals surface area contributed by atoms with E-state index in [-0.39, 0.29) is 17.7 Å². The van der Waals surface area contributed by atoms with E-state index in [4.69, 9.17) is 9.15 Å². The molecule has 3 heterocycles. The number of esters is 1. The van der Waals surface area contributed by atoms with Gasteiger partial charge in [0.1, 0.15) is 11.5 Å². The van der Waals surface area contributed by atoms with Crippen LogP contribution in [0, 0.1) is 6.92 Å². The lowest BCUT2D eigenvalue weighted by Crippen LogP contribution is -2.39. The molecule has 1 atom stereocenters. The van der Waals surface area contributed by atoms with Crippen LogP contribution < -0.4 is 14.9 Å². The number of benzene rings is 2. The number of hydrogen-bond acceptors (Lipinski definition) is 7. The number of carboxylic acid groups (broad SMARTS) is 1. The topological polar surface area (TPSA) is 111 Å². The average molecular weight is 529 g/mol. The van der Waals surface area contributed by atoms with E-state index >= 15 is 0 Å². The minimum absolute atomic E-state index is 0.199. The molecule has 0 spiro atoms. The maximum atomic E-state index is 13.7. The fraction of sp³-hybridized carbons (Fsp3) is 0.172. The number of ether oxygens (including phenoxy) is 1. The number of carboxylic acids is 1. The number of fused-ring (bicyclic) bond motifs is 1. The summed E-state index contributed by atoms with van der Waals surface area (Å²) in [7, 11) is 0. The van der Waals surface area contributed by atoms with Gasteiger partial charge in [-0.2, -0.15) is 0 Å². The van der Waals surface area contributed by atoms with Crippen molar-refractivity contribution in [1.82, 2.24) is 4.57 Å². The highest BCUT2D eigenvalue weighted by atomic mass is 32.1. The van der Waals surface area contributed by atoms with Gasteiger partial charge in [-0.05, 0) is 56.2 Å². The molecule has 4 aromatic rings. The maximum Gasteiger partial charge on any atom is 0.338 e. The molecule has 38 heavy (non-hydrogen) atoms. The fourth-order valence-electron chi connectivity index (χ4n) is 4.52. The molecular weight excluding hydrogens is 504 g/mol. The summed E-state index contributed by atoms with van der Waals surface area (Å²) in [5.74, 6) is -0.479. The molecule has 1 N–H and O–H groups in total. The molecule has 0 saturated carbocycles. The van der Waals surface area contributed by atoms with Crippen LogP contribution in [0.15, 0.2) is 86.1 Å². The molecule has 1 aliphatic heterocycles. The number of hydrogen-bond donors (Lipinski definition) is 1. The van der Waals surface area contributed by atoms with Gasteiger partial charge in [0.25, 0.3) is 5.56 Å². The van der Waals surface area contributed by atoms with Gasteiger partial charge in [0.15, 0.2) is 4.80 Å². The first kappa shape index (κ1) is 25.2. The van der Waals surface area contributed by atoms with E-state index in [2.05, 4.69) is 4.99 Å². The van der Waals surface area contributed by atoms with Crippen LogP contribution in [0.2, 0.25) is 0 Å². The molecule has 0 fully saturated rings. The highest BCUT2D eigenvalue weighted by Gasteiger charge is 2.33. The lowest BCUT2D eigenvalue weighted by Gasteiger charge is -2.24. The number of furan rings is 1. The number of thiazole rings is 1.